The molecular formula is C25H34NOP. The van der Waals surface area contributed by atoms with E-state index in [9.17, 15) is 0 Å². The molecule has 4 rings (SSSR count). The van der Waals surface area contributed by atoms with Crippen LogP contribution in [0.5, 0.6) is 0 Å². The predicted molar refractivity (Wildman–Crippen MR) is 121 cm³/mol. The fourth-order valence-corrected chi connectivity index (χ4v) is 8.85. The highest BCUT2D eigenvalue weighted by molar-refractivity contribution is 7.73. The van der Waals surface area contributed by atoms with Crippen molar-refractivity contribution < 1.29 is 4.74 Å². The fourth-order valence-electron chi connectivity index (χ4n) is 5.57. The van der Waals surface area contributed by atoms with Gasteiger partial charge in [-0.3, -0.25) is 4.90 Å². The van der Waals surface area contributed by atoms with Crippen LogP contribution in [0.15, 0.2) is 60.7 Å². The smallest absolute Gasteiger partial charge is 0.0618 e. The zero-order valence-electron chi connectivity index (χ0n) is 17.3. The Bertz CT molecular complexity index is 682. The Kier molecular flexibility index (Phi) is 6.83. The summed E-state index contributed by atoms with van der Waals surface area (Å²) >= 11 is 0. The van der Waals surface area contributed by atoms with Crippen LogP contribution < -0.4 is 10.6 Å². The Hall–Kier alpha value is -1.21. The maximum Gasteiger partial charge on any atom is 0.0618 e. The van der Waals surface area contributed by atoms with Crippen molar-refractivity contribution >= 4 is 18.5 Å². The van der Waals surface area contributed by atoms with Gasteiger partial charge in [0.05, 0.1) is 6.61 Å². The van der Waals surface area contributed by atoms with Gasteiger partial charge in [-0.15, -0.1) is 0 Å². The monoisotopic (exact) mass is 395 g/mol. The number of ether oxygens (including phenoxy) is 1. The maximum absolute atomic E-state index is 5.54. The molecular weight excluding hydrogens is 361 g/mol. The average molecular weight is 396 g/mol. The van der Waals surface area contributed by atoms with E-state index < -0.39 is 0 Å². The molecule has 0 bridgehead atoms. The van der Waals surface area contributed by atoms with Crippen molar-refractivity contribution in [3.05, 3.63) is 60.7 Å². The molecule has 0 aromatic heterocycles. The topological polar surface area (TPSA) is 12.5 Å². The Balaban J connectivity index is 1.62. The minimum atomic E-state index is -0.318. The highest BCUT2D eigenvalue weighted by atomic mass is 31.1. The third kappa shape index (κ3) is 4.20. The van der Waals surface area contributed by atoms with Gasteiger partial charge in [0.1, 0.15) is 0 Å². The molecule has 0 radical (unpaired) electrons. The third-order valence-electron chi connectivity index (χ3n) is 6.86. The van der Waals surface area contributed by atoms with Gasteiger partial charge >= 0.3 is 0 Å². The van der Waals surface area contributed by atoms with Crippen molar-refractivity contribution in [2.75, 3.05) is 20.3 Å². The molecule has 1 heterocycles. The zero-order valence-corrected chi connectivity index (χ0v) is 18.2. The molecule has 1 aliphatic carbocycles. The van der Waals surface area contributed by atoms with Crippen LogP contribution in [0.25, 0.3) is 0 Å². The van der Waals surface area contributed by atoms with E-state index >= 15 is 0 Å². The van der Waals surface area contributed by atoms with Gasteiger partial charge in [0, 0.05) is 19.2 Å². The molecule has 2 aromatic carbocycles. The van der Waals surface area contributed by atoms with Crippen LogP contribution in [0.3, 0.4) is 0 Å². The molecule has 0 spiro atoms. The number of rotatable bonds is 7. The quantitative estimate of drug-likeness (QED) is 0.625. The highest BCUT2D eigenvalue weighted by Crippen LogP contribution is 2.52. The summed E-state index contributed by atoms with van der Waals surface area (Å²) in [7, 11) is 1.53. The summed E-state index contributed by atoms with van der Waals surface area (Å²) in [6.07, 6.45) is 6.73. The second-order valence-electron chi connectivity index (χ2n) is 8.43. The number of nitrogens with zero attached hydrogens (tertiary/aromatic N) is 1. The lowest BCUT2D eigenvalue weighted by Crippen LogP contribution is -2.46. The molecule has 1 aliphatic heterocycles. The van der Waals surface area contributed by atoms with Crippen molar-refractivity contribution in [1.82, 2.24) is 4.90 Å². The summed E-state index contributed by atoms with van der Waals surface area (Å²) in [5, 5.41) is 3.09. The molecule has 150 valence electrons. The van der Waals surface area contributed by atoms with Crippen molar-refractivity contribution in [2.24, 2.45) is 5.92 Å². The molecule has 1 saturated carbocycles. The van der Waals surface area contributed by atoms with Crippen LogP contribution >= 0.6 is 7.92 Å². The summed E-state index contributed by atoms with van der Waals surface area (Å²) in [6, 6.07) is 23.9. The predicted octanol–water partition coefficient (Wildman–Crippen LogP) is 4.79. The second-order valence-corrected chi connectivity index (χ2v) is 10.9. The van der Waals surface area contributed by atoms with Crippen molar-refractivity contribution in [1.29, 1.82) is 0 Å². The van der Waals surface area contributed by atoms with Gasteiger partial charge in [-0.1, -0.05) is 67.1 Å². The molecule has 2 aromatic rings. The number of hydrogen-bond donors (Lipinski definition) is 0. The lowest BCUT2D eigenvalue weighted by atomic mass is 9.97. The average Bonchev–Trinajstić information content (AvgIpc) is 3.40. The summed E-state index contributed by atoms with van der Waals surface area (Å²) in [5.74, 6) is 0.781. The van der Waals surface area contributed by atoms with E-state index in [1.165, 1.54) is 38.6 Å². The number of hydrogen-bond acceptors (Lipinski definition) is 2. The van der Waals surface area contributed by atoms with Crippen molar-refractivity contribution in [3.63, 3.8) is 0 Å². The van der Waals surface area contributed by atoms with Gasteiger partial charge in [-0.2, -0.15) is 0 Å². The largest absolute Gasteiger partial charge is 0.383 e. The lowest BCUT2D eigenvalue weighted by molar-refractivity contribution is 0.0750. The van der Waals surface area contributed by atoms with E-state index in [0.717, 1.165) is 18.2 Å². The first-order valence-corrected chi connectivity index (χ1v) is 12.3. The van der Waals surface area contributed by atoms with Crippen molar-refractivity contribution in [2.45, 2.75) is 56.8 Å². The van der Waals surface area contributed by atoms with Gasteiger partial charge in [-0.05, 0) is 69.3 Å². The Labute approximate surface area is 172 Å². The summed E-state index contributed by atoms with van der Waals surface area (Å²) in [4.78, 5) is 2.77. The van der Waals surface area contributed by atoms with Crippen LogP contribution in [-0.2, 0) is 4.74 Å². The summed E-state index contributed by atoms with van der Waals surface area (Å²) in [5.41, 5.74) is 0.776. The SMILES string of the molecule is COCC1CCCN1[C@@H](C)C1CCCC1P(c1ccccc1)c1ccccc1. The minimum absolute atomic E-state index is 0.318. The second kappa shape index (κ2) is 9.53. The molecule has 28 heavy (non-hydrogen) atoms. The van der Waals surface area contributed by atoms with E-state index in [1.807, 2.05) is 7.11 Å². The van der Waals surface area contributed by atoms with Crippen LogP contribution in [-0.4, -0.2) is 42.9 Å². The van der Waals surface area contributed by atoms with E-state index in [2.05, 4.69) is 72.5 Å². The van der Waals surface area contributed by atoms with E-state index in [-0.39, 0.29) is 7.92 Å². The molecule has 0 amide bonds. The summed E-state index contributed by atoms with van der Waals surface area (Å²) in [6.45, 7) is 4.63. The first-order chi connectivity index (χ1) is 13.8. The Morgan fingerprint density at radius 1 is 0.929 bits per heavy atom. The van der Waals surface area contributed by atoms with Crippen LogP contribution in [0.2, 0.25) is 0 Å². The number of benzene rings is 2. The molecule has 0 N–H and O–H groups in total. The number of likely N-dealkylation sites (tertiary alicyclic amines) is 1. The fraction of sp³-hybridized carbons (Fsp3) is 0.520. The van der Waals surface area contributed by atoms with Gasteiger partial charge in [0.25, 0.3) is 0 Å². The molecule has 1 saturated heterocycles. The standard InChI is InChI=1S/C25H34NOP/c1-20(26-18-10-11-21(26)19-27-2)24-16-9-17-25(24)28(22-12-5-3-6-13-22)23-14-7-4-8-15-23/h3-8,12-15,20-21,24-25H,9-11,16-19H2,1-2H3/t20-,21?,24?,25?/m0/s1. The van der Waals surface area contributed by atoms with Gasteiger partial charge in [0.15, 0.2) is 0 Å². The van der Waals surface area contributed by atoms with E-state index in [1.54, 1.807) is 10.6 Å². The first-order valence-electron chi connectivity index (χ1n) is 10.9. The van der Waals surface area contributed by atoms with Gasteiger partial charge in [-0.25, -0.2) is 0 Å². The Morgan fingerprint density at radius 3 is 2.18 bits per heavy atom. The number of methoxy groups -OCH3 is 1. The van der Waals surface area contributed by atoms with Crippen molar-refractivity contribution in [3.8, 4) is 0 Å². The molecule has 3 heteroatoms. The maximum atomic E-state index is 5.54. The van der Waals surface area contributed by atoms with Crippen LogP contribution in [0.4, 0.5) is 0 Å². The van der Waals surface area contributed by atoms with E-state index in [0.29, 0.717) is 12.1 Å². The molecule has 2 nitrogen and oxygen atoms in total. The first kappa shape index (κ1) is 20.1. The molecule has 2 fully saturated rings. The normalized spacial score (nSPS) is 26.8. The third-order valence-corrected chi connectivity index (χ3v) is 9.87. The minimum Gasteiger partial charge on any atom is -0.383 e. The Morgan fingerprint density at radius 2 is 1.57 bits per heavy atom. The molecule has 3 unspecified atom stereocenters. The highest BCUT2D eigenvalue weighted by Gasteiger charge is 2.41. The van der Waals surface area contributed by atoms with E-state index in [4.69, 9.17) is 4.74 Å². The van der Waals surface area contributed by atoms with Crippen LogP contribution in [0.1, 0.15) is 39.0 Å². The lowest BCUT2D eigenvalue weighted by Gasteiger charge is -2.39. The molecule has 2 aliphatic rings. The molecule has 4 atom stereocenters. The van der Waals surface area contributed by atoms with Crippen LogP contribution in [0, 0.1) is 5.92 Å². The zero-order chi connectivity index (χ0) is 19.3. The summed E-state index contributed by atoms with van der Waals surface area (Å²) < 4.78 is 5.54. The van der Waals surface area contributed by atoms with Gasteiger partial charge < -0.3 is 4.74 Å². The van der Waals surface area contributed by atoms with Gasteiger partial charge in [0.2, 0.25) is 0 Å².